The Bertz CT molecular complexity index is 1370. The highest BCUT2D eigenvalue weighted by Crippen LogP contribution is 2.42. The smallest absolute Gasteiger partial charge is 0.267 e. The van der Waals surface area contributed by atoms with Crippen LogP contribution in [0.5, 0.6) is 0 Å². The number of nitrogen functional groups attached to an aromatic ring is 2. The topological polar surface area (TPSA) is 195 Å². The summed E-state index contributed by atoms with van der Waals surface area (Å²) in [7, 11) is 0.838. The highest BCUT2D eigenvalue weighted by molar-refractivity contribution is 9.14. The Balaban J connectivity index is 1.39. The van der Waals surface area contributed by atoms with Crippen LogP contribution in [0, 0.1) is 11.8 Å². The van der Waals surface area contributed by atoms with E-state index in [1.54, 1.807) is 6.20 Å². The van der Waals surface area contributed by atoms with Crippen LogP contribution in [0.2, 0.25) is 6.82 Å². The number of hydrogen-bond acceptors (Lipinski definition) is 7. The number of amides is 2. The van der Waals surface area contributed by atoms with Crippen LogP contribution in [0.25, 0.3) is 0 Å². The number of aromatic amines is 3. The van der Waals surface area contributed by atoms with E-state index in [2.05, 4.69) is 72.7 Å². The molecule has 4 atom stereocenters. The van der Waals surface area contributed by atoms with Crippen LogP contribution in [-0.4, -0.2) is 63.1 Å². The Morgan fingerprint density at radius 3 is 2.58 bits per heavy atom. The number of nitrogens with one attached hydrogen (secondary N) is 6. The minimum atomic E-state index is -0.391. The first-order chi connectivity index (χ1) is 18.2. The van der Waals surface area contributed by atoms with E-state index in [4.69, 9.17) is 11.5 Å². The van der Waals surface area contributed by atoms with Gasteiger partial charge in [-0.05, 0) is 46.4 Å². The van der Waals surface area contributed by atoms with Crippen molar-refractivity contribution >= 4 is 68.3 Å². The second-order valence-corrected chi connectivity index (χ2v) is 11.4. The van der Waals surface area contributed by atoms with Gasteiger partial charge in [-0.1, -0.05) is 28.2 Å². The fourth-order valence-corrected chi connectivity index (χ4v) is 6.14. The van der Waals surface area contributed by atoms with Gasteiger partial charge in [0.2, 0.25) is 5.91 Å². The highest BCUT2D eigenvalue weighted by atomic mass is 79.9. The number of hydrogen-bond donors (Lipinski definition) is 8. The van der Waals surface area contributed by atoms with Crippen molar-refractivity contribution in [1.82, 2.24) is 40.9 Å². The number of carbonyl (C=O) groups excluding carboxylic acids is 2. The number of aromatic nitrogens is 5. The fourth-order valence-electron chi connectivity index (χ4n) is 5.27. The van der Waals surface area contributed by atoms with Gasteiger partial charge in [0.15, 0.2) is 19.2 Å². The van der Waals surface area contributed by atoms with Crippen molar-refractivity contribution in [2.24, 2.45) is 11.8 Å². The van der Waals surface area contributed by atoms with Gasteiger partial charge >= 0.3 is 0 Å². The van der Waals surface area contributed by atoms with Gasteiger partial charge in [0.1, 0.15) is 11.7 Å². The van der Waals surface area contributed by atoms with E-state index in [9.17, 15) is 9.59 Å². The minimum absolute atomic E-state index is 0.0525. The van der Waals surface area contributed by atoms with Crippen LogP contribution in [0.1, 0.15) is 39.9 Å². The summed E-state index contributed by atoms with van der Waals surface area (Å²) in [5.41, 5.74) is 15.9. The van der Waals surface area contributed by atoms with Gasteiger partial charge in [0.05, 0.1) is 21.9 Å². The molecule has 0 aromatic carbocycles. The SMILES string of the molecule is CBc1c[nH]c(C(=O)NC[C@H]2Cc3[nH]c(N)nc3[C@@H](c3c[nH]c(N)n3)[C@@H]2CNC(=O)C2CC(Br)=C(Br)N2)c1. The molecule has 1 unspecified atom stereocenters. The molecule has 2 aliphatic rings. The van der Waals surface area contributed by atoms with Gasteiger partial charge in [-0.25, -0.2) is 9.97 Å². The van der Waals surface area contributed by atoms with Gasteiger partial charge in [-0.3, -0.25) is 9.59 Å². The van der Waals surface area contributed by atoms with Gasteiger partial charge in [-0.15, -0.1) is 0 Å². The summed E-state index contributed by atoms with van der Waals surface area (Å²) >= 11 is 6.90. The maximum absolute atomic E-state index is 13.1. The number of nitrogens with two attached hydrogens (primary N) is 2. The minimum Gasteiger partial charge on any atom is -0.369 e. The first kappa shape index (κ1) is 26.4. The number of H-pyrrole nitrogens is 3. The third-order valence-electron chi connectivity index (χ3n) is 7.23. The molecule has 0 fully saturated rings. The van der Waals surface area contributed by atoms with Crippen molar-refractivity contribution in [3.8, 4) is 0 Å². The average Bonchev–Trinajstić information content (AvgIpc) is 3.68. The molecule has 10 N–H and O–H groups in total. The molecule has 0 bridgehead atoms. The van der Waals surface area contributed by atoms with E-state index >= 15 is 0 Å². The van der Waals surface area contributed by atoms with Gasteiger partial charge in [0, 0.05) is 35.9 Å². The number of anilines is 2. The van der Waals surface area contributed by atoms with Crippen LogP contribution in [0.3, 0.4) is 0 Å². The second-order valence-electron chi connectivity index (χ2n) is 9.65. The summed E-state index contributed by atoms with van der Waals surface area (Å²) in [6.07, 6.45) is 4.74. The molecule has 0 saturated heterocycles. The standard InChI is InChI=1S/C23H29BBr2N10O2/c1-24-10-3-14(29-6-10)20(37)30-5-9-2-13-18(36-23(28)34-13)17(16-8-32-22(27)35-16)11(9)7-31-21(38)15-4-12(25)19(26)33-15/h3,6,8-9,11,15,17,24,29,33H,2,4-5,7H2,1H3,(H,30,37)(H,31,38)(H3,27,32,35)(H3,28,34,36)/t9-,11-,15?,17-/m1/s1. The Labute approximate surface area is 236 Å². The van der Waals surface area contributed by atoms with E-state index < -0.39 is 6.04 Å². The van der Waals surface area contributed by atoms with E-state index in [1.807, 2.05) is 19.1 Å². The Kier molecular flexibility index (Phi) is 7.57. The first-order valence-electron chi connectivity index (χ1n) is 12.4. The first-order valence-corrected chi connectivity index (χ1v) is 14.0. The molecule has 12 nitrogen and oxygen atoms in total. The van der Waals surface area contributed by atoms with Crippen LogP contribution < -0.4 is 32.9 Å². The van der Waals surface area contributed by atoms with E-state index in [-0.39, 0.29) is 35.5 Å². The Morgan fingerprint density at radius 1 is 1.11 bits per heavy atom. The van der Waals surface area contributed by atoms with Crippen molar-refractivity contribution in [2.75, 3.05) is 24.6 Å². The highest BCUT2D eigenvalue weighted by Gasteiger charge is 2.42. The van der Waals surface area contributed by atoms with E-state index in [0.29, 0.717) is 43.3 Å². The third-order valence-corrected chi connectivity index (χ3v) is 9.19. The quantitative estimate of drug-likeness (QED) is 0.129. The zero-order valence-corrected chi connectivity index (χ0v) is 23.9. The van der Waals surface area contributed by atoms with Gasteiger partial charge in [0.25, 0.3) is 5.91 Å². The van der Waals surface area contributed by atoms with Crippen molar-refractivity contribution < 1.29 is 9.59 Å². The molecular formula is C23H29BBr2N10O2. The van der Waals surface area contributed by atoms with Crippen molar-refractivity contribution in [2.45, 2.75) is 31.6 Å². The largest absolute Gasteiger partial charge is 0.369 e. The number of imidazole rings is 2. The molecular weight excluding hydrogens is 619 g/mol. The second kappa shape index (κ2) is 10.9. The summed E-state index contributed by atoms with van der Waals surface area (Å²) in [5, 5.41) is 9.33. The van der Waals surface area contributed by atoms with Crippen molar-refractivity contribution in [1.29, 1.82) is 0 Å². The predicted molar refractivity (Wildman–Crippen MR) is 154 cm³/mol. The van der Waals surface area contributed by atoms with Gasteiger partial charge in [-0.2, -0.15) is 0 Å². The lowest BCUT2D eigenvalue weighted by Crippen LogP contribution is -2.47. The zero-order valence-electron chi connectivity index (χ0n) is 20.7. The molecule has 1 aliphatic heterocycles. The molecule has 1 aliphatic carbocycles. The molecule has 4 heterocycles. The molecule has 2 amide bonds. The molecule has 0 spiro atoms. The molecule has 0 saturated carbocycles. The third kappa shape index (κ3) is 5.34. The lowest BCUT2D eigenvalue weighted by molar-refractivity contribution is -0.123. The Hall–Kier alpha value is -3.20. The number of fused-ring (bicyclic) bond motifs is 1. The summed E-state index contributed by atoms with van der Waals surface area (Å²) in [6, 6.07) is 1.47. The summed E-state index contributed by atoms with van der Waals surface area (Å²) in [5.74, 6) is -0.197. The molecule has 200 valence electrons. The summed E-state index contributed by atoms with van der Waals surface area (Å²) in [6.45, 7) is 2.77. The average molecular weight is 648 g/mol. The predicted octanol–water partition coefficient (Wildman–Crippen LogP) is 0.523. The van der Waals surface area contributed by atoms with E-state index in [1.165, 1.54) is 0 Å². The molecule has 0 radical (unpaired) electrons. The summed E-state index contributed by atoms with van der Waals surface area (Å²) in [4.78, 5) is 44.2. The van der Waals surface area contributed by atoms with Crippen LogP contribution in [-0.2, 0) is 11.2 Å². The molecule has 3 aromatic heterocycles. The zero-order chi connectivity index (χ0) is 27.0. The van der Waals surface area contributed by atoms with E-state index in [0.717, 1.165) is 33.2 Å². The number of rotatable bonds is 8. The normalized spacial score (nSPS) is 22.6. The Morgan fingerprint density at radius 2 is 1.92 bits per heavy atom. The molecule has 3 aromatic rings. The maximum atomic E-state index is 13.1. The fraction of sp³-hybridized carbons (Fsp3) is 0.391. The van der Waals surface area contributed by atoms with Gasteiger partial charge < -0.3 is 42.4 Å². The number of carbonyl (C=O) groups is 2. The lowest BCUT2D eigenvalue weighted by Gasteiger charge is -2.37. The number of halogens is 2. The molecule has 15 heteroatoms. The van der Waals surface area contributed by atoms with Crippen molar-refractivity contribution in [3.05, 3.63) is 50.3 Å². The molecule has 38 heavy (non-hydrogen) atoms. The lowest BCUT2D eigenvalue weighted by atomic mass is 9.71. The molecule has 5 rings (SSSR count). The number of nitrogens with zero attached hydrogens (tertiary/aromatic N) is 2. The van der Waals surface area contributed by atoms with Crippen LogP contribution >= 0.6 is 31.9 Å². The summed E-state index contributed by atoms with van der Waals surface area (Å²) < 4.78 is 1.68. The maximum Gasteiger partial charge on any atom is 0.267 e. The van der Waals surface area contributed by atoms with Crippen LogP contribution in [0.4, 0.5) is 11.9 Å². The van der Waals surface area contributed by atoms with Crippen LogP contribution in [0.15, 0.2) is 27.5 Å². The monoisotopic (exact) mass is 646 g/mol. The van der Waals surface area contributed by atoms with Crippen molar-refractivity contribution in [3.63, 3.8) is 0 Å².